The summed E-state index contributed by atoms with van der Waals surface area (Å²) in [5, 5.41) is 2.78. The van der Waals surface area contributed by atoms with Gasteiger partial charge in [-0.05, 0) is 36.8 Å². The first-order valence-corrected chi connectivity index (χ1v) is 9.83. The molecule has 0 aliphatic heterocycles. The average Bonchev–Trinajstić information content (AvgIpc) is 2.62. The van der Waals surface area contributed by atoms with Gasteiger partial charge >= 0.3 is 0 Å². The van der Waals surface area contributed by atoms with Crippen molar-refractivity contribution in [2.75, 3.05) is 25.5 Å². The molecule has 2 aromatic carbocycles. The lowest BCUT2D eigenvalue weighted by Crippen LogP contribution is -2.30. The molecule has 140 valence electrons. The molecule has 0 heterocycles. The van der Waals surface area contributed by atoms with Crippen molar-refractivity contribution in [2.45, 2.75) is 25.7 Å². The zero-order valence-corrected chi connectivity index (χ0v) is 16.3. The van der Waals surface area contributed by atoms with Gasteiger partial charge in [0.15, 0.2) is 0 Å². The second-order valence-electron chi connectivity index (χ2n) is 5.75. The molecule has 0 unspecified atom stereocenters. The Morgan fingerprint density at radius 1 is 1.12 bits per heavy atom. The summed E-state index contributed by atoms with van der Waals surface area (Å²) in [6, 6.07) is 11.6. The van der Waals surface area contributed by atoms with Crippen LogP contribution in [0.4, 0.5) is 5.69 Å². The van der Waals surface area contributed by atoms with Crippen LogP contribution in [-0.2, 0) is 10.0 Å². The standard InChI is InChI=1S/C19H24N2O4S/c1-5-21(6-2)26(23,24)17-11-10-14(3)18(13-17)19(22)20-15-8-7-9-16(12-15)25-4/h7-13H,5-6H2,1-4H3,(H,20,22). The van der Waals surface area contributed by atoms with E-state index in [0.29, 0.717) is 35.7 Å². The number of carbonyl (C=O) groups is 1. The molecule has 0 radical (unpaired) electrons. The number of carbonyl (C=O) groups excluding carboxylic acids is 1. The molecule has 26 heavy (non-hydrogen) atoms. The Labute approximate surface area is 154 Å². The maximum Gasteiger partial charge on any atom is 0.255 e. The van der Waals surface area contributed by atoms with Crippen LogP contribution in [0.1, 0.15) is 29.8 Å². The zero-order valence-electron chi connectivity index (χ0n) is 15.4. The van der Waals surface area contributed by atoms with Gasteiger partial charge in [-0.15, -0.1) is 0 Å². The van der Waals surface area contributed by atoms with Crippen LogP contribution in [0.15, 0.2) is 47.4 Å². The van der Waals surface area contributed by atoms with Crippen LogP contribution < -0.4 is 10.1 Å². The number of nitrogens with zero attached hydrogens (tertiary/aromatic N) is 1. The van der Waals surface area contributed by atoms with Gasteiger partial charge in [0.2, 0.25) is 10.0 Å². The van der Waals surface area contributed by atoms with Gasteiger partial charge in [-0.1, -0.05) is 26.0 Å². The fourth-order valence-electron chi connectivity index (χ4n) is 2.62. The Kier molecular flexibility index (Phi) is 6.39. The largest absolute Gasteiger partial charge is 0.497 e. The van der Waals surface area contributed by atoms with Gasteiger partial charge in [0.1, 0.15) is 5.75 Å². The molecule has 1 amide bonds. The van der Waals surface area contributed by atoms with Crippen LogP contribution in [0.5, 0.6) is 5.75 Å². The second kappa shape index (κ2) is 8.33. The van der Waals surface area contributed by atoms with Crippen LogP contribution in [0, 0.1) is 6.92 Å². The van der Waals surface area contributed by atoms with Gasteiger partial charge in [-0.25, -0.2) is 8.42 Å². The summed E-state index contributed by atoms with van der Waals surface area (Å²) in [6.45, 7) is 6.09. The summed E-state index contributed by atoms with van der Waals surface area (Å²) >= 11 is 0. The predicted molar refractivity (Wildman–Crippen MR) is 102 cm³/mol. The number of hydrogen-bond donors (Lipinski definition) is 1. The van der Waals surface area contributed by atoms with Gasteiger partial charge in [0, 0.05) is 30.4 Å². The van der Waals surface area contributed by atoms with Gasteiger partial charge in [0.05, 0.1) is 12.0 Å². The first-order chi connectivity index (χ1) is 12.3. The number of benzene rings is 2. The molecule has 0 saturated carbocycles. The molecule has 7 heteroatoms. The summed E-state index contributed by atoms with van der Waals surface area (Å²) in [7, 11) is -2.08. The van der Waals surface area contributed by atoms with E-state index < -0.39 is 10.0 Å². The van der Waals surface area contributed by atoms with Crippen LogP contribution in [0.3, 0.4) is 0 Å². The van der Waals surface area contributed by atoms with E-state index in [-0.39, 0.29) is 10.8 Å². The third-order valence-corrected chi connectivity index (χ3v) is 6.17. The minimum atomic E-state index is -3.62. The number of anilines is 1. The number of aryl methyl sites for hydroxylation is 1. The second-order valence-corrected chi connectivity index (χ2v) is 7.69. The molecule has 1 N–H and O–H groups in total. The number of nitrogens with one attached hydrogen (secondary N) is 1. The zero-order chi connectivity index (χ0) is 19.3. The number of ether oxygens (including phenoxy) is 1. The van der Waals surface area contributed by atoms with Gasteiger partial charge in [-0.3, -0.25) is 4.79 Å². The number of methoxy groups -OCH3 is 1. The minimum Gasteiger partial charge on any atom is -0.497 e. The highest BCUT2D eigenvalue weighted by Crippen LogP contribution is 2.22. The monoisotopic (exact) mass is 376 g/mol. The van der Waals surface area contributed by atoms with Gasteiger partial charge in [-0.2, -0.15) is 4.31 Å². The summed E-state index contributed by atoms with van der Waals surface area (Å²) in [5.74, 6) is 0.254. The lowest BCUT2D eigenvalue weighted by molar-refractivity contribution is 0.102. The Balaban J connectivity index is 2.36. The van der Waals surface area contributed by atoms with E-state index in [4.69, 9.17) is 4.74 Å². The topological polar surface area (TPSA) is 75.7 Å². The van der Waals surface area contributed by atoms with Crippen molar-refractivity contribution >= 4 is 21.6 Å². The maximum atomic E-state index is 12.7. The van der Waals surface area contributed by atoms with E-state index in [1.54, 1.807) is 58.2 Å². The molecule has 2 rings (SSSR count). The predicted octanol–water partition coefficient (Wildman–Crippen LogP) is 3.29. The van der Waals surface area contributed by atoms with E-state index in [1.165, 1.54) is 16.4 Å². The van der Waals surface area contributed by atoms with Crippen molar-refractivity contribution < 1.29 is 17.9 Å². The maximum absolute atomic E-state index is 12.7. The van der Waals surface area contributed by atoms with E-state index in [2.05, 4.69) is 5.32 Å². The van der Waals surface area contributed by atoms with Crippen molar-refractivity contribution in [2.24, 2.45) is 0 Å². The highest BCUT2D eigenvalue weighted by Gasteiger charge is 2.23. The van der Waals surface area contributed by atoms with E-state index in [9.17, 15) is 13.2 Å². The number of sulfonamides is 1. The highest BCUT2D eigenvalue weighted by molar-refractivity contribution is 7.89. The van der Waals surface area contributed by atoms with Crippen molar-refractivity contribution in [1.29, 1.82) is 0 Å². The van der Waals surface area contributed by atoms with Crippen molar-refractivity contribution in [3.05, 3.63) is 53.6 Å². The van der Waals surface area contributed by atoms with Crippen LogP contribution in [0.2, 0.25) is 0 Å². The molecule has 0 spiro atoms. The Morgan fingerprint density at radius 2 is 1.81 bits per heavy atom. The molecule has 6 nitrogen and oxygen atoms in total. The molecule has 0 saturated heterocycles. The van der Waals surface area contributed by atoms with Crippen molar-refractivity contribution in [3.8, 4) is 5.75 Å². The number of amides is 1. The summed E-state index contributed by atoms with van der Waals surface area (Å²) in [5.41, 5.74) is 1.59. The van der Waals surface area contributed by atoms with Crippen LogP contribution in [0.25, 0.3) is 0 Å². The molecule has 0 bridgehead atoms. The molecule has 2 aromatic rings. The molecular weight excluding hydrogens is 352 g/mol. The molecule has 0 aliphatic rings. The van der Waals surface area contributed by atoms with Gasteiger partial charge < -0.3 is 10.1 Å². The minimum absolute atomic E-state index is 0.114. The summed E-state index contributed by atoms with van der Waals surface area (Å²) in [6.07, 6.45) is 0. The highest BCUT2D eigenvalue weighted by atomic mass is 32.2. The first kappa shape index (κ1) is 19.9. The smallest absolute Gasteiger partial charge is 0.255 e. The fraction of sp³-hybridized carbons (Fsp3) is 0.316. The van der Waals surface area contributed by atoms with E-state index in [0.717, 1.165) is 0 Å². The van der Waals surface area contributed by atoms with Crippen molar-refractivity contribution in [1.82, 2.24) is 4.31 Å². The molecule has 0 aromatic heterocycles. The normalized spacial score (nSPS) is 11.4. The van der Waals surface area contributed by atoms with Crippen LogP contribution in [-0.4, -0.2) is 38.8 Å². The third kappa shape index (κ3) is 4.23. The summed E-state index contributed by atoms with van der Waals surface area (Å²) < 4.78 is 31.9. The molecule has 0 aliphatic carbocycles. The van der Waals surface area contributed by atoms with Crippen LogP contribution >= 0.6 is 0 Å². The molecular formula is C19H24N2O4S. The Morgan fingerprint density at radius 3 is 2.42 bits per heavy atom. The molecule has 0 fully saturated rings. The Hall–Kier alpha value is -2.38. The third-order valence-electron chi connectivity index (χ3n) is 4.12. The van der Waals surface area contributed by atoms with E-state index in [1.807, 2.05) is 0 Å². The fourth-order valence-corrected chi connectivity index (χ4v) is 4.10. The van der Waals surface area contributed by atoms with Gasteiger partial charge in [0.25, 0.3) is 5.91 Å². The average molecular weight is 376 g/mol. The first-order valence-electron chi connectivity index (χ1n) is 8.39. The lowest BCUT2D eigenvalue weighted by atomic mass is 10.1. The SMILES string of the molecule is CCN(CC)S(=O)(=O)c1ccc(C)c(C(=O)Nc2cccc(OC)c2)c1. The lowest BCUT2D eigenvalue weighted by Gasteiger charge is -2.19. The van der Waals surface area contributed by atoms with Crippen molar-refractivity contribution in [3.63, 3.8) is 0 Å². The number of hydrogen-bond acceptors (Lipinski definition) is 4. The van der Waals surface area contributed by atoms with E-state index >= 15 is 0 Å². The summed E-state index contributed by atoms with van der Waals surface area (Å²) in [4.78, 5) is 12.8. The Bertz CT molecular complexity index is 890. The number of rotatable bonds is 7. The molecule has 0 atom stereocenters. The quantitative estimate of drug-likeness (QED) is 0.805.